The number of hydrogen-bond acceptors (Lipinski definition) is 4. The third kappa shape index (κ3) is 4.54. The lowest BCUT2D eigenvalue weighted by atomic mass is 10.1. The summed E-state index contributed by atoms with van der Waals surface area (Å²) in [5.41, 5.74) is 1.22. The van der Waals surface area contributed by atoms with E-state index >= 15 is 0 Å². The number of anilines is 1. The van der Waals surface area contributed by atoms with Gasteiger partial charge in [-0.15, -0.1) is 0 Å². The number of nitrogens with zero attached hydrogens (tertiary/aromatic N) is 1. The molecule has 0 atom stereocenters. The molecule has 1 aliphatic rings. The summed E-state index contributed by atoms with van der Waals surface area (Å²) in [4.78, 5) is 25.8. The van der Waals surface area contributed by atoms with Gasteiger partial charge in [-0.25, -0.2) is 0 Å². The maximum Gasteiger partial charge on any atom is 0.254 e. The molecule has 6 nitrogen and oxygen atoms in total. The van der Waals surface area contributed by atoms with Crippen LogP contribution in [0.15, 0.2) is 24.3 Å². The average molecular weight is 291 g/mol. The van der Waals surface area contributed by atoms with Crippen LogP contribution in [0.1, 0.15) is 17.3 Å². The van der Waals surface area contributed by atoms with Crippen molar-refractivity contribution in [2.45, 2.75) is 6.92 Å². The lowest BCUT2D eigenvalue weighted by Crippen LogP contribution is -2.40. The molecule has 1 saturated heterocycles. The number of hydrogen-bond donors (Lipinski definition) is 2. The van der Waals surface area contributed by atoms with Crippen molar-refractivity contribution in [2.75, 3.05) is 44.7 Å². The van der Waals surface area contributed by atoms with E-state index in [1.807, 2.05) is 6.92 Å². The number of carbonyl (C=O) groups is 2. The van der Waals surface area contributed by atoms with Gasteiger partial charge < -0.3 is 20.3 Å². The first-order valence-corrected chi connectivity index (χ1v) is 7.18. The summed E-state index contributed by atoms with van der Waals surface area (Å²) in [6.45, 7) is 5.30. The van der Waals surface area contributed by atoms with E-state index in [4.69, 9.17) is 4.74 Å². The molecule has 1 heterocycles. The molecule has 21 heavy (non-hydrogen) atoms. The molecular formula is C15H21N3O3. The summed E-state index contributed by atoms with van der Waals surface area (Å²) in [5, 5.41) is 5.73. The number of amides is 2. The third-order valence-corrected chi connectivity index (χ3v) is 3.23. The van der Waals surface area contributed by atoms with Gasteiger partial charge in [0.15, 0.2) is 0 Å². The molecule has 114 valence electrons. The van der Waals surface area contributed by atoms with Crippen LogP contribution in [0.5, 0.6) is 0 Å². The van der Waals surface area contributed by atoms with Crippen LogP contribution in [0.2, 0.25) is 0 Å². The molecule has 1 aliphatic heterocycles. The van der Waals surface area contributed by atoms with E-state index in [0.717, 1.165) is 6.54 Å². The predicted molar refractivity (Wildman–Crippen MR) is 80.3 cm³/mol. The number of likely N-dealkylation sites (N-methyl/N-ethyl adjacent to an activating group) is 1. The topological polar surface area (TPSA) is 70.7 Å². The van der Waals surface area contributed by atoms with E-state index < -0.39 is 0 Å². The van der Waals surface area contributed by atoms with E-state index in [2.05, 4.69) is 10.6 Å². The zero-order valence-electron chi connectivity index (χ0n) is 12.2. The number of carbonyl (C=O) groups excluding carboxylic acids is 2. The Kier molecular flexibility index (Phi) is 5.71. The second kappa shape index (κ2) is 7.75. The minimum absolute atomic E-state index is 0.0268. The van der Waals surface area contributed by atoms with Crippen molar-refractivity contribution in [1.82, 2.24) is 10.2 Å². The Morgan fingerprint density at radius 3 is 2.76 bits per heavy atom. The quantitative estimate of drug-likeness (QED) is 0.838. The van der Waals surface area contributed by atoms with Crippen LogP contribution in [0.25, 0.3) is 0 Å². The van der Waals surface area contributed by atoms with Crippen molar-refractivity contribution in [3.05, 3.63) is 29.8 Å². The maximum atomic E-state index is 12.4. The molecular weight excluding hydrogens is 270 g/mol. The van der Waals surface area contributed by atoms with Crippen molar-refractivity contribution in [3.8, 4) is 0 Å². The molecule has 2 amide bonds. The normalized spacial score (nSPS) is 14.8. The van der Waals surface area contributed by atoms with Crippen LogP contribution in [0.4, 0.5) is 5.69 Å². The minimum Gasteiger partial charge on any atom is -0.378 e. The van der Waals surface area contributed by atoms with Gasteiger partial charge in [0.25, 0.3) is 5.91 Å². The van der Waals surface area contributed by atoms with Gasteiger partial charge in [-0.2, -0.15) is 0 Å². The largest absolute Gasteiger partial charge is 0.378 e. The zero-order valence-corrected chi connectivity index (χ0v) is 12.2. The summed E-state index contributed by atoms with van der Waals surface area (Å²) in [6, 6.07) is 7.02. The van der Waals surface area contributed by atoms with Crippen molar-refractivity contribution < 1.29 is 14.3 Å². The van der Waals surface area contributed by atoms with Crippen molar-refractivity contribution in [2.24, 2.45) is 0 Å². The molecule has 1 aromatic carbocycles. The molecule has 1 aromatic rings. The van der Waals surface area contributed by atoms with Crippen molar-refractivity contribution in [3.63, 3.8) is 0 Å². The molecule has 0 unspecified atom stereocenters. The Labute approximate surface area is 124 Å². The molecule has 1 fully saturated rings. The van der Waals surface area contributed by atoms with E-state index in [1.54, 1.807) is 29.2 Å². The minimum atomic E-state index is -0.118. The summed E-state index contributed by atoms with van der Waals surface area (Å²) in [7, 11) is 0. The van der Waals surface area contributed by atoms with E-state index in [1.165, 1.54) is 0 Å². The number of morpholine rings is 1. The Morgan fingerprint density at radius 1 is 1.29 bits per heavy atom. The molecule has 0 aliphatic carbocycles. The van der Waals surface area contributed by atoms with Crippen LogP contribution in [-0.2, 0) is 9.53 Å². The van der Waals surface area contributed by atoms with Crippen LogP contribution >= 0.6 is 0 Å². The third-order valence-electron chi connectivity index (χ3n) is 3.23. The van der Waals surface area contributed by atoms with Crippen LogP contribution in [0, 0.1) is 0 Å². The van der Waals surface area contributed by atoms with Crippen LogP contribution < -0.4 is 10.6 Å². The maximum absolute atomic E-state index is 12.4. The Balaban J connectivity index is 1.99. The number of ether oxygens (including phenoxy) is 1. The highest BCUT2D eigenvalue weighted by molar-refractivity contribution is 5.97. The van der Waals surface area contributed by atoms with Crippen LogP contribution in [0.3, 0.4) is 0 Å². The predicted octanol–water partition coefficient (Wildman–Crippen LogP) is 0.707. The van der Waals surface area contributed by atoms with E-state index in [9.17, 15) is 9.59 Å². The molecule has 0 bridgehead atoms. The monoisotopic (exact) mass is 291 g/mol. The molecule has 2 rings (SSSR count). The molecule has 0 aromatic heterocycles. The fourth-order valence-electron chi connectivity index (χ4n) is 2.12. The highest BCUT2D eigenvalue weighted by atomic mass is 16.5. The van der Waals surface area contributed by atoms with Gasteiger partial charge >= 0.3 is 0 Å². The first-order chi connectivity index (χ1) is 10.2. The standard InChI is InChI=1S/C15H21N3O3/c1-2-16-11-14(19)17-13-5-3-4-12(10-13)15(20)18-6-8-21-9-7-18/h3-5,10,16H,2,6-9,11H2,1H3,(H,17,19). The highest BCUT2D eigenvalue weighted by Crippen LogP contribution is 2.13. The van der Waals surface area contributed by atoms with Gasteiger partial charge in [-0.1, -0.05) is 13.0 Å². The first kappa shape index (κ1) is 15.5. The summed E-state index contributed by atoms with van der Waals surface area (Å²) >= 11 is 0. The summed E-state index contributed by atoms with van der Waals surface area (Å²) < 4.78 is 5.24. The molecule has 0 radical (unpaired) electrons. The SMILES string of the molecule is CCNCC(=O)Nc1cccc(C(=O)N2CCOCC2)c1. The molecule has 2 N–H and O–H groups in total. The molecule has 0 spiro atoms. The number of rotatable bonds is 5. The van der Waals surface area contributed by atoms with E-state index in [0.29, 0.717) is 37.6 Å². The van der Waals surface area contributed by atoms with E-state index in [-0.39, 0.29) is 18.4 Å². The smallest absolute Gasteiger partial charge is 0.254 e. The van der Waals surface area contributed by atoms with Crippen molar-refractivity contribution in [1.29, 1.82) is 0 Å². The Hall–Kier alpha value is -1.92. The molecule has 6 heteroatoms. The van der Waals surface area contributed by atoms with Gasteiger partial charge in [-0.05, 0) is 24.7 Å². The summed E-state index contributed by atoms with van der Waals surface area (Å²) in [6.07, 6.45) is 0. The Bertz CT molecular complexity index is 499. The fraction of sp³-hybridized carbons (Fsp3) is 0.467. The highest BCUT2D eigenvalue weighted by Gasteiger charge is 2.18. The van der Waals surface area contributed by atoms with Gasteiger partial charge in [0.05, 0.1) is 19.8 Å². The molecule has 0 saturated carbocycles. The summed E-state index contributed by atoms with van der Waals surface area (Å²) in [5.74, 6) is -0.145. The first-order valence-electron chi connectivity index (χ1n) is 7.18. The lowest BCUT2D eigenvalue weighted by molar-refractivity contribution is -0.115. The van der Waals surface area contributed by atoms with Gasteiger partial charge in [-0.3, -0.25) is 9.59 Å². The zero-order chi connectivity index (χ0) is 15.1. The number of benzene rings is 1. The lowest BCUT2D eigenvalue weighted by Gasteiger charge is -2.27. The van der Waals surface area contributed by atoms with Gasteiger partial charge in [0.1, 0.15) is 0 Å². The van der Waals surface area contributed by atoms with Crippen LogP contribution in [-0.4, -0.2) is 56.1 Å². The van der Waals surface area contributed by atoms with Gasteiger partial charge in [0.2, 0.25) is 5.91 Å². The second-order valence-electron chi connectivity index (χ2n) is 4.81. The fourth-order valence-corrected chi connectivity index (χ4v) is 2.12. The second-order valence-corrected chi connectivity index (χ2v) is 4.81. The Morgan fingerprint density at radius 2 is 2.05 bits per heavy atom. The van der Waals surface area contributed by atoms with Crippen molar-refractivity contribution >= 4 is 17.5 Å². The average Bonchev–Trinajstić information content (AvgIpc) is 2.53. The van der Waals surface area contributed by atoms with Gasteiger partial charge in [0, 0.05) is 24.3 Å². The number of nitrogens with one attached hydrogen (secondary N) is 2.